The van der Waals surface area contributed by atoms with E-state index in [-0.39, 0.29) is 49.4 Å². The second-order valence-corrected chi connectivity index (χ2v) is 12.1. The van der Waals surface area contributed by atoms with E-state index in [0.717, 1.165) is 18.9 Å². The van der Waals surface area contributed by atoms with Crippen LogP contribution in [0.15, 0.2) is 36.5 Å². The molecule has 2 aromatic rings. The summed E-state index contributed by atoms with van der Waals surface area (Å²) in [5.74, 6) is -1.42. The van der Waals surface area contributed by atoms with Crippen LogP contribution in [0.5, 0.6) is 5.88 Å². The molecule has 2 atom stereocenters. The number of pyridine rings is 1. The number of imide groups is 1. The standard InChI is InChI=1S/C30H36F4N4O4/c1-28(14-22(39)16-36-28)27(41)37-26(40)20-3-5-23(24(31)13-20)21-4-6-25(35-15-21)42-17-19-7-11-38(12-8-19)18-29(9-2-10-29)30(32,33)34/h3-6,13,15,19,22,36,39H,2,7-12,14,16-18H2,1H3,(H,37,40,41)/t22-,28+/m1/s1. The van der Waals surface area contributed by atoms with E-state index in [1.165, 1.54) is 18.3 Å². The number of carbonyl (C=O) groups is 2. The molecule has 1 saturated carbocycles. The Morgan fingerprint density at radius 1 is 1.19 bits per heavy atom. The van der Waals surface area contributed by atoms with E-state index in [0.29, 0.717) is 37.6 Å². The van der Waals surface area contributed by atoms with Gasteiger partial charge in [0.2, 0.25) is 11.8 Å². The Labute approximate surface area is 241 Å². The maximum atomic E-state index is 14.9. The number of hydrogen-bond donors (Lipinski definition) is 3. The normalized spacial score (nSPS) is 24.7. The summed E-state index contributed by atoms with van der Waals surface area (Å²) in [6, 6.07) is 7.18. The van der Waals surface area contributed by atoms with Crippen LogP contribution in [0.4, 0.5) is 17.6 Å². The lowest BCUT2D eigenvalue weighted by atomic mass is 9.67. The third-order valence-electron chi connectivity index (χ3n) is 8.99. The van der Waals surface area contributed by atoms with Gasteiger partial charge in [0, 0.05) is 48.5 Å². The van der Waals surface area contributed by atoms with Crippen LogP contribution in [-0.4, -0.2) is 77.4 Å². The Kier molecular flexibility index (Phi) is 8.60. The number of nitrogens with one attached hydrogen (secondary N) is 2. The first-order valence-corrected chi connectivity index (χ1v) is 14.3. The maximum Gasteiger partial charge on any atom is 0.395 e. The van der Waals surface area contributed by atoms with Gasteiger partial charge in [-0.25, -0.2) is 9.37 Å². The molecule has 8 nitrogen and oxygen atoms in total. The molecule has 0 spiro atoms. The molecule has 1 aromatic carbocycles. The number of rotatable bonds is 8. The van der Waals surface area contributed by atoms with E-state index >= 15 is 0 Å². The molecule has 12 heteroatoms. The van der Waals surface area contributed by atoms with Crippen molar-refractivity contribution in [1.29, 1.82) is 0 Å². The highest BCUT2D eigenvalue weighted by Gasteiger charge is 2.58. The topological polar surface area (TPSA) is 104 Å². The zero-order valence-corrected chi connectivity index (χ0v) is 23.5. The predicted octanol–water partition coefficient (Wildman–Crippen LogP) is 4.08. The SMILES string of the molecule is C[C@@]1(C(=O)NC(=O)c2ccc(-c3ccc(OCC4CCN(CC5(C(F)(F)F)CCC5)CC4)nc3)c(F)c2)C[C@@H](O)CN1. The predicted molar refractivity (Wildman–Crippen MR) is 146 cm³/mol. The fraction of sp³-hybridized carbons (Fsp3) is 0.567. The highest BCUT2D eigenvalue weighted by atomic mass is 19.4. The number of ether oxygens (including phenoxy) is 1. The second-order valence-electron chi connectivity index (χ2n) is 12.1. The van der Waals surface area contributed by atoms with Gasteiger partial charge in [0.1, 0.15) is 5.82 Å². The highest BCUT2D eigenvalue weighted by molar-refractivity contribution is 6.07. The smallest absolute Gasteiger partial charge is 0.395 e. The third-order valence-corrected chi connectivity index (χ3v) is 8.99. The number of alkyl halides is 3. The summed E-state index contributed by atoms with van der Waals surface area (Å²) in [7, 11) is 0. The van der Waals surface area contributed by atoms with Crippen molar-refractivity contribution >= 4 is 11.8 Å². The van der Waals surface area contributed by atoms with Crippen LogP contribution in [0.2, 0.25) is 0 Å². The van der Waals surface area contributed by atoms with Crippen molar-refractivity contribution in [3.63, 3.8) is 0 Å². The molecule has 0 unspecified atom stereocenters. The lowest BCUT2D eigenvalue weighted by Crippen LogP contribution is -2.53. The number of likely N-dealkylation sites (tertiary alicyclic amines) is 1. The summed E-state index contributed by atoms with van der Waals surface area (Å²) in [6.45, 7) is 3.53. The summed E-state index contributed by atoms with van der Waals surface area (Å²) in [5.41, 5.74) is -1.95. The van der Waals surface area contributed by atoms with Gasteiger partial charge in [-0.1, -0.05) is 12.5 Å². The number of benzene rings is 1. The number of piperidine rings is 1. The van der Waals surface area contributed by atoms with Crippen LogP contribution in [0.25, 0.3) is 11.1 Å². The molecule has 5 rings (SSSR count). The number of amides is 2. The zero-order valence-electron chi connectivity index (χ0n) is 23.5. The maximum absolute atomic E-state index is 14.9. The molecule has 1 aromatic heterocycles. The first-order chi connectivity index (χ1) is 19.9. The minimum atomic E-state index is -4.15. The fourth-order valence-electron chi connectivity index (χ4n) is 6.04. The fourth-order valence-corrected chi connectivity index (χ4v) is 6.04. The average molecular weight is 593 g/mol. The van der Waals surface area contributed by atoms with E-state index < -0.39 is 40.9 Å². The van der Waals surface area contributed by atoms with Gasteiger partial charge in [-0.2, -0.15) is 13.2 Å². The number of aliphatic hydroxyl groups excluding tert-OH is 1. The van der Waals surface area contributed by atoms with Crippen molar-refractivity contribution in [3.05, 3.63) is 47.9 Å². The summed E-state index contributed by atoms with van der Waals surface area (Å²) >= 11 is 0. The Hall–Kier alpha value is -3.09. The van der Waals surface area contributed by atoms with Gasteiger partial charge in [0.15, 0.2) is 0 Å². The Balaban J connectivity index is 1.10. The molecule has 3 heterocycles. The number of hydrogen-bond acceptors (Lipinski definition) is 7. The monoisotopic (exact) mass is 592 g/mol. The van der Waals surface area contributed by atoms with Gasteiger partial charge in [-0.15, -0.1) is 0 Å². The molecule has 2 aliphatic heterocycles. The number of β-amino-alcohol motifs (C(OH)–C–C–N with tert-alkyl or cyclic N) is 1. The molecule has 2 saturated heterocycles. The van der Waals surface area contributed by atoms with E-state index in [1.807, 2.05) is 4.90 Å². The average Bonchev–Trinajstić information content (AvgIpc) is 3.29. The number of carbonyl (C=O) groups excluding carboxylic acids is 2. The first kappa shape index (κ1) is 30.4. The summed E-state index contributed by atoms with van der Waals surface area (Å²) in [5, 5.41) is 14.8. The van der Waals surface area contributed by atoms with Gasteiger partial charge in [-0.05, 0) is 69.8 Å². The molecule has 3 aliphatic rings. The van der Waals surface area contributed by atoms with Crippen molar-refractivity contribution in [2.45, 2.75) is 63.3 Å². The van der Waals surface area contributed by atoms with E-state index in [9.17, 15) is 32.3 Å². The van der Waals surface area contributed by atoms with Gasteiger partial charge >= 0.3 is 6.18 Å². The van der Waals surface area contributed by atoms with Crippen LogP contribution >= 0.6 is 0 Å². The summed E-state index contributed by atoms with van der Waals surface area (Å²) in [6.07, 6.45) is -0.636. The summed E-state index contributed by atoms with van der Waals surface area (Å²) in [4.78, 5) is 31.3. The van der Waals surface area contributed by atoms with Crippen molar-refractivity contribution in [2.75, 3.05) is 32.8 Å². The van der Waals surface area contributed by atoms with Crippen molar-refractivity contribution in [3.8, 4) is 17.0 Å². The van der Waals surface area contributed by atoms with Gasteiger partial charge < -0.3 is 20.1 Å². The molecule has 1 aliphatic carbocycles. The number of aromatic nitrogens is 1. The Morgan fingerprint density at radius 3 is 2.48 bits per heavy atom. The molecule has 2 amide bonds. The van der Waals surface area contributed by atoms with Crippen LogP contribution < -0.4 is 15.4 Å². The lowest BCUT2D eigenvalue weighted by molar-refractivity contribution is -0.256. The molecule has 42 heavy (non-hydrogen) atoms. The van der Waals surface area contributed by atoms with Gasteiger partial charge in [0.05, 0.1) is 23.7 Å². The third kappa shape index (κ3) is 6.45. The van der Waals surface area contributed by atoms with E-state index in [1.54, 1.807) is 19.1 Å². The van der Waals surface area contributed by atoms with E-state index in [4.69, 9.17) is 4.74 Å². The van der Waals surface area contributed by atoms with Crippen molar-refractivity contribution < 1.29 is 37.0 Å². The molecule has 228 valence electrons. The zero-order chi connectivity index (χ0) is 30.1. The van der Waals surface area contributed by atoms with E-state index in [2.05, 4.69) is 15.6 Å². The molecule has 3 N–H and O–H groups in total. The Bertz CT molecular complexity index is 1290. The number of halogens is 4. The molecule has 0 radical (unpaired) electrons. The van der Waals surface area contributed by atoms with Crippen LogP contribution in [0, 0.1) is 17.2 Å². The number of nitrogens with zero attached hydrogens (tertiary/aromatic N) is 2. The van der Waals surface area contributed by atoms with Crippen molar-refractivity contribution in [1.82, 2.24) is 20.5 Å². The lowest BCUT2D eigenvalue weighted by Gasteiger charge is -2.47. The molecular weight excluding hydrogens is 556 g/mol. The molecule has 3 fully saturated rings. The minimum Gasteiger partial charge on any atom is -0.477 e. The first-order valence-electron chi connectivity index (χ1n) is 14.3. The highest BCUT2D eigenvalue weighted by Crippen LogP contribution is 2.53. The van der Waals surface area contributed by atoms with Crippen LogP contribution in [0.1, 0.15) is 55.8 Å². The Morgan fingerprint density at radius 2 is 1.93 bits per heavy atom. The summed E-state index contributed by atoms with van der Waals surface area (Å²) < 4.78 is 61.3. The number of aliphatic hydroxyl groups is 1. The second kappa shape index (κ2) is 11.9. The quantitative estimate of drug-likeness (QED) is 0.314. The van der Waals surface area contributed by atoms with Crippen LogP contribution in [0.3, 0.4) is 0 Å². The van der Waals surface area contributed by atoms with Gasteiger partial charge in [0.25, 0.3) is 5.91 Å². The molecular formula is C30H36F4N4O4. The van der Waals surface area contributed by atoms with Crippen LogP contribution in [-0.2, 0) is 4.79 Å². The van der Waals surface area contributed by atoms with Crippen molar-refractivity contribution in [2.24, 2.45) is 11.3 Å². The largest absolute Gasteiger partial charge is 0.477 e. The van der Waals surface area contributed by atoms with Gasteiger partial charge in [-0.3, -0.25) is 14.9 Å². The minimum absolute atomic E-state index is 0.0213. The molecule has 0 bridgehead atoms.